The van der Waals surface area contributed by atoms with Crippen molar-refractivity contribution in [2.75, 3.05) is 20.2 Å². The molecule has 0 bridgehead atoms. The van der Waals surface area contributed by atoms with Crippen LogP contribution in [0.5, 0.6) is 0 Å². The SMILES string of the molecule is CN1C(=O)N(CCO[Si](C)(C)C(C)(C)C)C(=O)/C1=C/n1cnc(-c2cc(C(F)(F)F)nc(C(F)(F)F)c2)n1. The van der Waals surface area contributed by atoms with Crippen LogP contribution in [0.25, 0.3) is 17.6 Å². The lowest BCUT2D eigenvalue weighted by Gasteiger charge is -2.36. The van der Waals surface area contributed by atoms with Crippen molar-refractivity contribution in [2.45, 2.75) is 51.3 Å². The van der Waals surface area contributed by atoms with Gasteiger partial charge in [-0.2, -0.15) is 26.3 Å². The van der Waals surface area contributed by atoms with Gasteiger partial charge in [0.05, 0.1) is 19.4 Å². The second-order valence-electron chi connectivity index (χ2n) is 10.1. The van der Waals surface area contributed by atoms with Gasteiger partial charge in [-0.3, -0.25) is 14.6 Å². The quantitative estimate of drug-likeness (QED) is 0.210. The maximum Gasteiger partial charge on any atom is 0.433 e. The molecule has 0 atom stereocenters. The Morgan fingerprint density at radius 1 is 1.00 bits per heavy atom. The highest BCUT2D eigenvalue weighted by molar-refractivity contribution is 6.74. The molecular weight excluding hydrogens is 538 g/mol. The second-order valence-corrected chi connectivity index (χ2v) is 14.9. The van der Waals surface area contributed by atoms with Crippen LogP contribution in [0.3, 0.4) is 0 Å². The lowest BCUT2D eigenvalue weighted by molar-refractivity contribution is -0.150. The van der Waals surface area contributed by atoms with Crippen molar-refractivity contribution in [3.05, 3.63) is 35.5 Å². The predicted molar refractivity (Wildman–Crippen MR) is 126 cm³/mol. The van der Waals surface area contributed by atoms with Crippen LogP contribution in [-0.4, -0.2) is 70.0 Å². The van der Waals surface area contributed by atoms with E-state index < -0.39 is 55.4 Å². The van der Waals surface area contributed by atoms with Crippen LogP contribution in [-0.2, 0) is 21.6 Å². The third kappa shape index (κ3) is 6.06. The molecule has 16 heteroatoms. The number of rotatable bonds is 6. The zero-order chi connectivity index (χ0) is 28.8. The van der Waals surface area contributed by atoms with E-state index in [4.69, 9.17) is 4.43 Å². The predicted octanol–water partition coefficient (Wildman–Crippen LogP) is 5.09. The Balaban J connectivity index is 1.85. The Hall–Kier alpha value is -3.27. The summed E-state index contributed by atoms with van der Waals surface area (Å²) >= 11 is 0. The number of nitrogens with zero attached hydrogens (tertiary/aromatic N) is 6. The van der Waals surface area contributed by atoms with E-state index in [0.29, 0.717) is 12.1 Å². The number of likely N-dealkylation sites (N-methyl/N-ethyl adjacent to an activating group) is 1. The third-order valence-corrected chi connectivity index (χ3v) is 10.9. The minimum atomic E-state index is -5.14. The van der Waals surface area contributed by atoms with Gasteiger partial charge in [0.2, 0.25) is 0 Å². The number of carbonyl (C=O) groups is 2. The third-order valence-electron chi connectivity index (χ3n) is 6.35. The lowest BCUT2D eigenvalue weighted by Crippen LogP contribution is -2.43. The highest BCUT2D eigenvalue weighted by Crippen LogP contribution is 2.37. The number of halogens is 6. The van der Waals surface area contributed by atoms with Gasteiger partial charge in [-0.1, -0.05) is 20.8 Å². The maximum absolute atomic E-state index is 13.1. The molecule has 9 nitrogen and oxygen atoms in total. The second kappa shape index (κ2) is 9.80. The van der Waals surface area contributed by atoms with Crippen LogP contribution in [0.4, 0.5) is 31.1 Å². The molecule has 0 saturated carbocycles. The molecule has 2 aromatic heterocycles. The van der Waals surface area contributed by atoms with Gasteiger partial charge in [0.15, 0.2) is 14.1 Å². The Bertz CT molecular complexity index is 1230. The first-order valence-electron chi connectivity index (χ1n) is 11.3. The normalized spacial score (nSPS) is 16.8. The molecule has 1 aliphatic heterocycles. The van der Waals surface area contributed by atoms with Crippen LogP contribution in [0.2, 0.25) is 18.1 Å². The number of alkyl halides is 6. The number of aromatic nitrogens is 4. The standard InChI is InChI=1S/C22H26F6N6O3Si/c1-20(2,3)38(5,6)37-8-7-34-18(35)14(32(4)19(34)36)11-33-12-29-17(31-33)13-9-15(21(23,24)25)30-16(10-13)22(26,27)28/h9-12H,7-8H2,1-6H3/b14-11-. The Labute approximate surface area is 215 Å². The van der Waals surface area contributed by atoms with Gasteiger partial charge in [0.25, 0.3) is 5.91 Å². The zero-order valence-electron chi connectivity index (χ0n) is 21.4. The van der Waals surface area contributed by atoms with Crippen molar-refractivity contribution < 1.29 is 40.4 Å². The molecule has 38 heavy (non-hydrogen) atoms. The molecule has 208 valence electrons. The average Bonchev–Trinajstić information content (AvgIpc) is 3.32. The van der Waals surface area contributed by atoms with E-state index >= 15 is 0 Å². The fraction of sp³-hybridized carbons (Fsp3) is 0.500. The molecular formula is C22H26F6N6O3Si. The van der Waals surface area contributed by atoms with Crippen LogP contribution in [0.1, 0.15) is 32.2 Å². The summed E-state index contributed by atoms with van der Waals surface area (Å²) in [6, 6.07) is 0.157. The van der Waals surface area contributed by atoms with Gasteiger partial charge in [-0.05, 0) is 30.3 Å². The number of imide groups is 1. The highest BCUT2D eigenvalue weighted by atomic mass is 28.4. The van der Waals surface area contributed by atoms with Gasteiger partial charge in [0, 0.05) is 12.6 Å². The molecule has 3 heterocycles. The van der Waals surface area contributed by atoms with E-state index in [1.807, 2.05) is 33.9 Å². The van der Waals surface area contributed by atoms with Gasteiger partial charge < -0.3 is 4.43 Å². The van der Waals surface area contributed by atoms with Gasteiger partial charge in [-0.15, -0.1) is 5.10 Å². The van der Waals surface area contributed by atoms with Crippen molar-refractivity contribution >= 4 is 26.5 Å². The zero-order valence-corrected chi connectivity index (χ0v) is 22.4. The summed E-state index contributed by atoms with van der Waals surface area (Å²) < 4.78 is 85.7. The molecule has 0 unspecified atom stereocenters. The monoisotopic (exact) mass is 564 g/mol. The number of pyridine rings is 1. The fourth-order valence-corrected chi connectivity index (χ4v) is 4.18. The Morgan fingerprint density at radius 2 is 1.55 bits per heavy atom. The topological polar surface area (TPSA) is 93.5 Å². The fourth-order valence-electron chi connectivity index (χ4n) is 3.15. The smallest absolute Gasteiger partial charge is 0.415 e. The molecule has 0 N–H and O–H groups in total. The highest BCUT2D eigenvalue weighted by Gasteiger charge is 2.41. The average molecular weight is 565 g/mol. The summed E-state index contributed by atoms with van der Waals surface area (Å²) in [5, 5.41) is 3.80. The van der Waals surface area contributed by atoms with E-state index in [-0.39, 0.29) is 23.9 Å². The first-order valence-corrected chi connectivity index (χ1v) is 14.2. The van der Waals surface area contributed by atoms with Crippen LogP contribution in [0, 0.1) is 0 Å². The molecule has 3 amide bonds. The van der Waals surface area contributed by atoms with Gasteiger partial charge in [0.1, 0.15) is 23.4 Å². The number of hydrogen-bond donors (Lipinski definition) is 0. The Kier molecular flexibility index (Phi) is 7.55. The van der Waals surface area contributed by atoms with Crippen LogP contribution < -0.4 is 0 Å². The summed E-state index contributed by atoms with van der Waals surface area (Å²) in [6.45, 7) is 10.3. The summed E-state index contributed by atoms with van der Waals surface area (Å²) in [4.78, 5) is 34.0. The largest absolute Gasteiger partial charge is 0.433 e. The first kappa shape index (κ1) is 29.3. The molecule has 2 aromatic rings. The van der Waals surface area contributed by atoms with Gasteiger partial charge >= 0.3 is 18.4 Å². The van der Waals surface area contributed by atoms with Crippen LogP contribution >= 0.6 is 0 Å². The van der Waals surface area contributed by atoms with Crippen molar-refractivity contribution in [1.29, 1.82) is 0 Å². The molecule has 0 aromatic carbocycles. The van der Waals surface area contributed by atoms with E-state index in [0.717, 1.165) is 27.0 Å². The minimum Gasteiger partial charge on any atom is -0.415 e. The lowest BCUT2D eigenvalue weighted by atomic mass is 10.1. The maximum atomic E-state index is 13.1. The van der Waals surface area contributed by atoms with E-state index in [9.17, 15) is 35.9 Å². The molecule has 1 saturated heterocycles. The van der Waals surface area contributed by atoms with Crippen molar-refractivity contribution in [3.8, 4) is 11.4 Å². The summed E-state index contributed by atoms with van der Waals surface area (Å²) in [5.74, 6) is -1.14. The molecule has 0 radical (unpaired) electrons. The number of urea groups is 1. The minimum absolute atomic E-state index is 0.00802. The van der Waals surface area contributed by atoms with E-state index in [1.54, 1.807) is 0 Å². The first-order chi connectivity index (χ1) is 17.2. The molecule has 1 aliphatic rings. The molecule has 3 rings (SSSR count). The van der Waals surface area contributed by atoms with Crippen molar-refractivity contribution in [2.24, 2.45) is 0 Å². The number of hydrogen-bond acceptors (Lipinski definition) is 6. The molecule has 0 aliphatic carbocycles. The van der Waals surface area contributed by atoms with E-state index in [2.05, 4.69) is 15.1 Å². The molecule has 1 fully saturated rings. The Morgan fingerprint density at radius 3 is 2.05 bits per heavy atom. The van der Waals surface area contributed by atoms with Crippen molar-refractivity contribution in [1.82, 2.24) is 29.5 Å². The number of amides is 3. The summed E-state index contributed by atoms with van der Waals surface area (Å²) in [6.07, 6.45) is -8.20. The molecule has 0 spiro atoms. The summed E-state index contributed by atoms with van der Waals surface area (Å²) in [7, 11) is -0.782. The van der Waals surface area contributed by atoms with Crippen molar-refractivity contribution in [3.63, 3.8) is 0 Å². The van der Waals surface area contributed by atoms with Crippen LogP contribution in [0.15, 0.2) is 24.2 Å². The van der Waals surface area contributed by atoms with E-state index in [1.165, 1.54) is 7.05 Å². The van der Waals surface area contributed by atoms with Gasteiger partial charge in [-0.25, -0.2) is 19.4 Å². The summed E-state index contributed by atoms with van der Waals surface area (Å²) in [5.41, 5.74) is -4.23. The number of carbonyl (C=O) groups excluding carboxylic acids is 2.